The van der Waals surface area contributed by atoms with Crippen molar-refractivity contribution in [3.05, 3.63) is 22.6 Å². The molecule has 1 rings (SSSR count). The number of hydrogen-bond acceptors (Lipinski definition) is 4. The summed E-state index contributed by atoms with van der Waals surface area (Å²) in [6.45, 7) is 7.86. The summed E-state index contributed by atoms with van der Waals surface area (Å²) < 4.78 is 1.54. The van der Waals surface area contributed by atoms with Gasteiger partial charge in [-0.2, -0.15) is 5.10 Å². The van der Waals surface area contributed by atoms with E-state index < -0.39 is 0 Å². The molecule has 0 radical (unpaired) electrons. The molecule has 108 valence electrons. The van der Waals surface area contributed by atoms with Crippen LogP contribution in [0.25, 0.3) is 0 Å². The van der Waals surface area contributed by atoms with Gasteiger partial charge < -0.3 is 10.2 Å². The molecule has 0 spiro atoms. The van der Waals surface area contributed by atoms with Crippen LogP contribution in [0.4, 0.5) is 5.69 Å². The van der Waals surface area contributed by atoms with E-state index in [1.807, 2.05) is 25.9 Å². The molecule has 1 heterocycles. The number of nitrogens with one attached hydrogen (secondary N) is 1. The van der Waals surface area contributed by atoms with E-state index in [2.05, 4.69) is 24.3 Å². The highest BCUT2D eigenvalue weighted by Crippen LogP contribution is 2.10. The fourth-order valence-electron chi connectivity index (χ4n) is 1.98. The smallest absolute Gasteiger partial charge is 0.268 e. The van der Waals surface area contributed by atoms with Crippen LogP contribution in [-0.2, 0) is 6.54 Å². The summed E-state index contributed by atoms with van der Waals surface area (Å²) in [5, 5.41) is 7.54. The van der Waals surface area contributed by atoms with E-state index in [1.54, 1.807) is 16.9 Å². The largest absolute Gasteiger partial charge is 0.373 e. The van der Waals surface area contributed by atoms with Crippen molar-refractivity contribution in [3.63, 3.8) is 0 Å². The molecule has 5 heteroatoms. The van der Waals surface area contributed by atoms with E-state index in [0.29, 0.717) is 12.5 Å². The Balaban J connectivity index is 2.88. The number of hydrogen-bond donors (Lipinski definition) is 1. The molecule has 0 fully saturated rings. The fraction of sp³-hybridized carbons (Fsp3) is 0.714. The number of anilines is 1. The molecule has 0 aliphatic heterocycles. The highest BCUT2D eigenvalue weighted by molar-refractivity contribution is 5.41. The third-order valence-corrected chi connectivity index (χ3v) is 3.84. The van der Waals surface area contributed by atoms with Crippen molar-refractivity contribution in [1.29, 1.82) is 0 Å². The zero-order valence-electron chi connectivity index (χ0n) is 12.7. The van der Waals surface area contributed by atoms with Gasteiger partial charge in [-0.3, -0.25) is 4.79 Å². The Morgan fingerprint density at radius 2 is 2.16 bits per heavy atom. The van der Waals surface area contributed by atoms with Crippen LogP contribution in [0.2, 0.25) is 0 Å². The van der Waals surface area contributed by atoms with Gasteiger partial charge in [0.05, 0.1) is 18.4 Å². The molecule has 0 bridgehead atoms. The summed E-state index contributed by atoms with van der Waals surface area (Å²) in [4.78, 5) is 14.1. The van der Waals surface area contributed by atoms with E-state index in [0.717, 1.165) is 18.7 Å². The zero-order chi connectivity index (χ0) is 14.4. The van der Waals surface area contributed by atoms with Gasteiger partial charge in [-0.1, -0.05) is 20.3 Å². The van der Waals surface area contributed by atoms with Gasteiger partial charge in [0.15, 0.2) is 0 Å². The van der Waals surface area contributed by atoms with Crippen LogP contribution in [0, 0.1) is 5.92 Å². The lowest BCUT2D eigenvalue weighted by atomic mass is 9.99. The molecular formula is C14H26N4O. The standard InChI is InChI=1S/C14H26N4O/c1-6-11(3)13(15-4)10-18-14(19)8-12(9-16-18)17(5)7-2/h8-9,11,13,15H,6-7,10H2,1-5H3. The minimum absolute atomic E-state index is 0.0404. The Kier molecular flexibility index (Phi) is 6.02. The summed E-state index contributed by atoms with van der Waals surface area (Å²) in [6.07, 6.45) is 2.84. The Morgan fingerprint density at radius 1 is 1.47 bits per heavy atom. The SMILES string of the molecule is CCC(C)C(Cn1ncc(N(C)CC)cc1=O)NC. The molecule has 2 atom stereocenters. The van der Waals surface area contributed by atoms with Crippen LogP contribution in [0.15, 0.2) is 17.1 Å². The van der Waals surface area contributed by atoms with E-state index in [4.69, 9.17) is 0 Å². The highest BCUT2D eigenvalue weighted by Gasteiger charge is 2.15. The number of likely N-dealkylation sites (N-methyl/N-ethyl adjacent to an activating group) is 1. The van der Waals surface area contributed by atoms with Crippen LogP contribution in [0.1, 0.15) is 27.2 Å². The van der Waals surface area contributed by atoms with Crippen LogP contribution in [0.5, 0.6) is 0 Å². The van der Waals surface area contributed by atoms with E-state index >= 15 is 0 Å². The van der Waals surface area contributed by atoms with Gasteiger partial charge in [0.25, 0.3) is 5.56 Å². The van der Waals surface area contributed by atoms with Gasteiger partial charge in [0.1, 0.15) is 0 Å². The van der Waals surface area contributed by atoms with E-state index in [-0.39, 0.29) is 11.6 Å². The Labute approximate surface area is 115 Å². The van der Waals surface area contributed by atoms with Gasteiger partial charge >= 0.3 is 0 Å². The molecule has 2 unspecified atom stereocenters. The number of nitrogens with zero attached hydrogens (tertiary/aromatic N) is 3. The zero-order valence-corrected chi connectivity index (χ0v) is 12.7. The third kappa shape index (κ3) is 4.06. The first-order valence-corrected chi connectivity index (χ1v) is 6.99. The lowest BCUT2D eigenvalue weighted by Gasteiger charge is -2.23. The first-order valence-electron chi connectivity index (χ1n) is 6.99. The quantitative estimate of drug-likeness (QED) is 0.809. The van der Waals surface area contributed by atoms with Gasteiger partial charge in [0.2, 0.25) is 0 Å². The molecule has 0 saturated heterocycles. The van der Waals surface area contributed by atoms with Gasteiger partial charge in [0, 0.05) is 25.7 Å². The molecule has 5 nitrogen and oxygen atoms in total. The van der Waals surface area contributed by atoms with Crippen molar-refractivity contribution in [1.82, 2.24) is 15.1 Å². The van der Waals surface area contributed by atoms with Crippen molar-refractivity contribution >= 4 is 5.69 Å². The predicted molar refractivity (Wildman–Crippen MR) is 79.7 cm³/mol. The maximum atomic E-state index is 12.1. The second-order valence-corrected chi connectivity index (χ2v) is 5.03. The van der Waals surface area contributed by atoms with Gasteiger partial charge in [-0.15, -0.1) is 0 Å². The normalized spacial score (nSPS) is 14.2. The van der Waals surface area contributed by atoms with Crippen molar-refractivity contribution in [2.45, 2.75) is 39.8 Å². The van der Waals surface area contributed by atoms with E-state index in [9.17, 15) is 4.79 Å². The van der Waals surface area contributed by atoms with Crippen LogP contribution in [0.3, 0.4) is 0 Å². The van der Waals surface area contributed by atoms with Crippen molar-refractivity contribution < 1.29 is 0 Å². The van der Waals surface area contributed by atoms with Crippen LogP contribution >= 0.6 is 0 Å². The van der Waals surface area contributed by atoms with Gasteiger partial charge in [-0.05, 0) is 19.9 Å². The first kappa shape index (κ1) is 15.7. The number of rotatable bonds is 7. The van der Waals surface area contributed by atoms with Crippen molar-refractivity contribution in [2.24, 2.45) is 5.92 Å². The average Bonchev–Trinajstić information content (AvgIpc) is 2.44. The van der Waals surface area contributed by atoms with Crippen molar-refractivity contribution in [3.8, 4) is 0 Å². The van der Waals surface area contributed by atoms with Crippen LogP contribution < -0.4 is 15.8 Å². The summed E-state index contributed by atoms with van der Waals surface area (Å²) in [5.41, 5.74) is 0.828. The van der Waals surface area contributed by atoms with Crippen LogP contribution in [-0.4, -0.2) is 36.5 Å². The highest BCUT2D eigenvalue weighted by atomic mass is 16.1. The minimum Gasteiger partial charge on any atom is -0.373 e. The Hall–Kier alpha value is -1.36. The minimum atomic E-state index is -0.0404. The maximum absolute atomic E-state index is 12.1. The lowest BCUT2D eigenvalue weighted by Crippen LogP contribution is -2.40. The summed E-state index contributed by atoms with van der Waals surface area (Å²) in [5.74, 6) is 0.511. The van der Waals surface area contributed by atoms with E-state index in [1.165, 1.54) is 0 Å². The lowest BCUT2D eigenvalue weighted by molar-refractivity contribution is 0.330. The topological polar surface area (TPSA) is 50.2 Å². The maximum Gasteiger partial charge on any atom is 0.268 e. The van der Waals surface area contributed by atoms with Crippen molar-refractivity contribution in [2.75, 3.05) is 25.5 Å². The Bertz CT molecular complexity index is 443. The first-order chi connectivity index (χ1) is 9.03. The molecule has 0 aliphatic carbocycles. The molecule has 19 heavy (non-hydrogen) atoms. The molecule has 0 aromatic carbocycles. The second-order valence-electron chi connectivity index (χ2n) is 5.03. The third-order valence-electron chi connectivity index (χ3n) is 3.84. The molecule has 0 amide bonds. The summed E-state index contributed by atoms with van der Waals surface area (Å²) >= 11 is 0. The summed E-state index contributed by atoms with van der Waals surface area (Å²) in [6, 6.07) is 1.92. The number of aromatic nitrogens is 2. The molecular weight excluding hydrogens is 240 g/mol. The predicted octanol–water partition coefficient (Wildman–Crippen LogP) is 1.33. The monoisotopic (exact) mass is 266 g/mol. The molecule has 1 aromatic rings. The summed E-state index contributed by atoms with van der Waals surface area (Å²) in [7, 11) is 3.89. The Morgan fingerprint density at radius 3 is 2.63 bits per heavy atom. The molecule has 0 saturated carbocycles. The average molecular weight is 266 g/mol. The fourth-order valence-corrected chi connectivity index (χ4v) is 1.98. The van der Waals surface area contributed by atoms with Gasteiger partial charge in [-0.25, -0.2) is 4.68 Å². The molecule has 1 aromatic heterocycles. The molecule has 1 N–H and O–H groups in total. The second kappa shape index (κ2) is 7.28. The molecule has 0 aliphatic rings.